The molecule has 4 aromatic carbocycles. The third-order valence-electron chi connectivity index (χ3n) is 6.17. The first-order chi connectivity index (χ1) is 19.0. The van der Waals surface area contributed by atoms with Crippen molar-refractivity contribution in [2.75, 3.05) is 20.8 Å². The smallest absolute Gasteiger partial charge is 0.341 e. The van der Waals surface area contributed by atoms with Crippen LogP contribution in [0.25, 0.3) is 39.3 Å². The van der Waals surface area contributed by atoms with Crippen molar-refractivity contribution in [1.82, 2.24) is 9.78 Å². The molecule has 1 heterocycles. The number of hydrogen-bond acceptors (Lipinski definition) is 5. The van der Waals surface area contributed by atoms with Crippen LogP contribution in [0.3, 0.4) is 0 Å². The Balaban J connectivity index is 1.74. The van der Waals surface area contributed by atoms with E-state index < -0.39 is 12.6 Å². The van der Waals surface area contributed by atoms with Gasteiger partial charge >= 0.3 is 5.97 Å². The van der Waals surface area contributed by atoms with Gasteiger partial charge in [0.15, 0.2) is 18.1 Å². The highest BCUT2D eigenvalue weighted by Gasteiger charge is 2.21. The van der Waals surface area contributed by atoms with Crippen molar-refractivity contribution in [2.45, 2.75) is 0 Å². The van der Waals surface area contributed by atoms with Crippen LogP contribution in [0.1, 0.15) is 0 Å². The van der Waals surface area contributed by atoms with Gasteiger partial charge in [0.2, 0.25) is 0 Å². The highest BCUT2D eigenvalue weighted by Crippen LogP contribution is 2.42. The maximum Gasteiger partial charge on any atom is 0.341 e. The summed E-state index contributed by atoms with van der Waals surface area (Å²) in [5, 5.41) is 14.8. The fourth-order valence-electron chi connectivity index (χ4n) is 4.38. The van der Waals surface area contributed by atoms with Crippen molar-refractivity contribution < 1.29 is 24.1 Å². The van der Waals surface area contributed by atoms with Crippen molar-refractivity contribution in [3.05, 3.63) is 102 Å². The predicted octanol–water partition coefficient (Wildman–Crippen LogP) is 7.01. The average Bonchev–Trinajstić information content (AvgIpc) is 3.41. The molecule has 0 aliphatic carbocycles. The van der Waals surface area contributed by atoms with Crippen LogP contribution < -0.4 is 14.2 Å². The molecule has 0 atom stereocenters. The number of carboxylic acids is 1. The van der Waals surface area contributed by atoms with E-state index in [1.54, 1.807) is 37.1 Å². The number of hydrogen-bond donors (Lipinski definition) is 1. The summed E-state index contributed by atoms with van der Waals surface area (Å²) in [6, 6.07) is 30.4. The summed E-state index contributed by atoms with van der Waals surface area (Å²) in [6.45, 7) is -0.480. The fourth-order valence-corrected chi connectivity index (χ4v) is 4.50. The summed E-state index contributed by atoms with van der Waals surface area (Å²) in [6.07, 6.45) is 0. The van der Waals surface area contributed by atoms with Crippen LogP contribution in [0, 0.1) is 0 Å². The Bertz CT molecular complexity index is 1610. The van der Waals surface area contributed by atoms with E-state index >= 15 is 0 Å². The number of para-hydroxylation sites is 1. The first-order valence-corrected chi connectivity index (χ1v) is 12.5. The zero-order valence-corrected chi connectivity index (χ0v) is 22.1. The summed E-state index contributed by atoms with van der Waals surface area (Å²) in [5.41, 5.74) is 5.45. The van der Waals surface area contributed by atoms with Crippen LogP contribution in [0.2, 0.25) is 5.02 Å². The van der Waals surface area contributed by atoms with E-state index in [4.69, 9.17) is 30.9 Å². The lowest BCUT2D eigenvalue weighted by molar-refractivity contribution is -0.139. The largest absolute Gasteiger partial charge is 0.493 e. The van der Waals surface area contributed by atoms with Crippen molar-refractivity contribution in [3.63, 3.8) is 0 Å². The van der Waals surface area contributed by atoms with Gasteiger partial charge in [-0.25, -0.2) is 9.48 Å². The third-order valence-corrected chi connectivity index (χ3v) is 6.43. The molecule has 8 heteroatoms. The molecule has 0 aliphatic heterocycles. The van der Waals surface area contributed by atoms with Crippen LogP contribution in [0.4, 0.5) is 0 Å². The first kappa shape index (κ1) is 25.9. The van der Waals surface area contributed by atoms with Crippen molar-refractivity contribution in [1.29, 1.82) is 0 Å². The van der Waals surface area contributed by atoms with E-state index in [2.05, 4.69) is 0 Å². The van der Waals surface area contributed by atoms with Gasteiger partial charge < -0.3 is 19.3 Å². The van der Waals surface area contributed by atoms with E-state index in [1.165, 1.54) is 0 Å². The zero-order chi connectivity index (χ0) is 27.4. The number of aliphatic carboxylic acids is 1. The maximum absolute atomic E-state index is 11.3. The van der Waals surface area contributed by atoms with E-state index in [-0.39, 0.29) is 0 Å². The van der Waals surface area contributed by atoms with Crippen LogP contribution in [-0.2, 0) is 4.79 Å². The summed E-state index contributed by atoms with van der Waals surface area (Å²) < 4.78 is 18.8. The van der Waals surface area contributed by atoms with Crippen molar-refractivity contribution >= 4 is 17.6 Å². The van der Waals surface area contributed by atoms with Crippen LogP contribution in [0.5, 0.6) is 17.2 Å². The number of rotatable bonds is 9. The Hall–Kier alpha value is -4.75. The van der Waals surface area contributed by atoms with Gasteiger partial charge in [0, 0.05) is 16.1 Å². The minimum atomic E-state index is -1.07. The van der Waals surface area contributed by atoms with Crippen LogP contribution in [-0.4, -0.2) is 41.7 Å². The molecule has 196 valence electrons. The minimum Gasteiger partial charge on any atom is -0.493 e. The Morgan fingerprint density at radius 2 is 1.59 bits per heavy atom. The third kappa shape index (κ3) is 5.44. The minimum absolute atomic E-state index is 0.405. The second-order valence-corrected chi connectivity index (χ2v) is 9.04. The molecule has 0 unspecified atom stereocenters. The maximum atomic E-state index is 11.3. The van der Waals surface area contributed by atoms with Crippen molar-refractivity contribution in [2.24, 2.45) is 0 Å². The molecule has 0 spiro atoms. The quantitative estimate of drug-likeness (QED) is 0.216. The van der Waals surface area contributed by atoms with Gasteiger partial charge in [0.1, 0.15) is 5.75 Å². The Morgan fingerprint density at radius 3 is 2.28 bits per heavy atom. The van der Waals surface area contributed by atoms with Gasteiger partial charge in [-0.3, -0.25) is 0 Å². The second kappa shape index (κ2) is 11.3. The molecule has 5 aromatic rings. The number of carbonyl (C=O) groups is 1. The highest BCUT2D eigenvalue weighted by molar-refractivity contribution is 6.30. The Kier molecular flexibility index (Phi) is 7.52. The number of halogens is 1. The first-order valence-electron chi connectivity index (χ1n) is 12.1. The lowest BCUT2D eigenvalue weighted by Gasteiger charge is -2.14. The molecular formula is C31H25ClN2O5. The number of ether oxygens (including phenoxy) is 3. The van der Waals surface area contributed by atoms with E-state index in [0.717, 1.165) is 28.1 Å². The Morgan fingerprint density at radius 1 is 0.821 bits per heavy atom. The summed E-state index contributed by atoms with van der Waals surface area (Å²) in [5.74, 6) is 0.475. The molecule has 0 radical (unpaired) electrons. The molecule has 0 saturated carbocycles. The average molecular weight is 541 g/mol. The van der Waals surface area contributed by atoms with E-state index in [0.29, 0.717) is 33.5 Å². The van der Waals surface area contributed by atoms with Gasteiger partial charge in [0.05, 0.1) is 31.3 Å². The summed E-state index contributed by atoms with van der Waals surface area (Å²) in [7, 11) is 3.18. The molecule has 0 fully saturated rings. The number of aromatic nitrogens is 2. The molecule has 39 heavy (non-hydrogen) atoms. The molecule has 0 bridgehead atoms. The molecule has 0 amide bonds. The zero-order valence-electron chi connectivity index (χ0n) is 21.3. The second-order valence-electron chi connectivity index (χ2n) is 8.60. The van der Waals surface area contributed by atoms with Crippen LogP contribution in [0.15, 0.2) is 97.1 Å². The van der Waals surface area contributed by atoms with Gasteiger partial charge in [-0.15, -0.1) is 0 Å². The molecule has 1 aromatic heterocycles. The molecule has 1 N–H and O–H groups in total. The van der Waals surface area contributed by atoms with Gasteiger partial charge in [-0.05, 0) is 65.7 Å². The highest BCUT2D eigenvalue weighted by atomic mass is 35.5. The lowest BCUT2D eigenvalue weighted by atomic mass is 10.0. The molecular weight excluding hydrogens is 516 g/mol. The molecule has 0 aliphatic rings. The summed E-state index contributed by atoms with van der Waals surface area (Å²) >= 11 is 6.17. The van der Waals surface area contributed by atoms with E-state index in [1.807, 2.05) is 78.9 Å². The summed E-state index contributed by atoms with van der Waals surface area (Å²) in [4.78, 5) is 11.3. The van der Waals surface area contributed by atoms with Crippen LogP contribution >= 0.6 is 11.6 Å². The van der Waals surface area contributed by atoms with Gasteiger partial charge in [0.25, 0.3) is 0 Å². The standard InChI is InChI=1S/C31H25ClN2O5/c1-37-29-10-6-9-24(31(29)38-2)27-18-26(33-34(27)23-14-12-22(32)13-15-23)25-17-21(20-7-4-3-5-8-20)11-16-28(25)39-19-30(35)36/h3-18H,19H2,1-2H3,(H,35,36). The molecule has 7 nitrogen and oxygen atoms in total. The predicted molar refractivity (Wildman–Crippen MR) is 151 cm³/mol. The fraction of sp³-hybridized carbons (Fsp3) is 0.0968. The number of carboxylic acid groups (broad SMARTS) is 1. The Labute approximate surface area is 230 Å². The SMILES string of the molecule is COc1cccc(-c2cc(-c3cc(-c4ccccc4)ccc3OCC(=O)O)nn2-c2ccc(Cl)cc2)c1OC. The normalized spacial score (nSPS) is 10.7. The molecule has 5 rings (SSSR count). The molecule has 0 saturated heterocycles. The van der Waals surface area contributed by atoms with E-state index in [9.17, 15) is 9.90 Å². The van der Waals surface area contributed by atoms with Crippen molar-refractivity contribution in [3.8, 4) is 56.6 Å². The van der Waals surface area contributed by atoms with Gasteiger partial charge in [-0.2, -0.15) is 5.10 Å². The number of benzene rings is 4. The monoisotopic (exact) mass is 540 g/mol. The number of methoxy groups -OCH3 is 2. The van der Waals surface area contributed by atoms with Gasteiger partial charge in [-0.1, -0.05) is 54.1 Å². The number of nitrogens with zero attached hydrogens (tertiary/aromatic N) is 2. The lowest BCUT2D eigenvalue weighted by Crippen LogP contribution is -2.10. The topological polar surface area (TPSA) is 82.8 Å².